The Hall–Kier alpha value is 0.940. The van der Waals surface area contributed by atoms with E-state index in [2.05, 4.69) is 72.9 Å². The van der Waals surface area contributed by atoms with Crippen LogP contribution >= 0.6 is 45.2 Å². The molecule has 0 aliphatic carbocycles. The fourth-order valence-corrected chi connectivity index (χ4v) is 3.69. The first-order valence-corrected chi connectivity index (χ1v) is 8.53. The van der Waals surface area contributed by atoms with Crippen LogP contribution in [0.15, 0.2) is 18.3 Å². The van der Waals surface area contributed by atoms with Gasteiger partial charge in [0.15, 0.2) is 0 Å². The lowest BCUT2D eigenvalue weighted by molar-refractivity contribution is 0.860. The second kappa shape index (κ2) is 9.92. The smallest absolute Gasteiger partial charge is 0.00592 e. The van der Waals surface area contributed by atoms with Gasteiger partial charge in [0.25, 0.3) is 0 Å². The van der Waals surface area contributed by atoms with Crippen LogP contribution in [0, 0.1) is 0 Å². The Balaban J connectivity index is 5.24. The molecule has 0 aliphatic rings. The summed E-state index contributed by atoms with van der Waals surface area (Å²) in [6, 6.07) is 0. The number of halogens is 2. The lowest BCUT2D eigenvalue weighted by Gasteiger charge is -2.15. The quantitative estimate of drug-likeness (QED) is 0.299. The van der Waals surface area contributed by atoms with E-state index < -0.39 is 0 Å². The maximum absolute atomic E-state index is 2.56. The van der Waals surface area contributed by atoms with Crippen molar-refractivity contribution >= 4 is 45.2 Å². The normalized spacial score (nSPS) is 14.6. The van der Waals surface area contributed by atoms with Crippen molar-refractivity contribution in [1.82, 2.24) is 0 Å². The largest absolute Gasteiger partial charge is 0.0651 e. The second-order valence-electron chi connectivity index (χ2n) is 3.97. The minimum atomic E-state index is 1.17. The molecule has 0 fully saturated rings. The van der Waals surface area contributed by atoms with Gasteiger partial charge in [0.1, 0.15) is 0 Å². The Morgan fingerprint density at radius 2 is 1.25 bits per heavy atom. The van der Waals surface area contributed by atoms with E-state index in [1.54, 1.807) is 18.3 Å². The summed E-state index contributed by atoms with van der Waals surface area (Å²) in [5, 5.41) is 0. The van der Waals surface area contributed by atoms with E-state index in [1.807, 2.05) is 0 Å². The van der Waals surface area contributed by atoms with Crippen LogP contribution < -0.4 is 0 Å². The Morgan fingerprint density at radius 3 is 1.62 bits per heavy atom. The summed E-state index contributed by atoms with van der Waals surface area (Å²) in [5.41, 5.74) is 3.25. The van der Waals surface area contributed by atoms with Gasteiger partial charge in [-0.3, -0.25) is 0 Å². The molecule has 2 heteroatoms. The van der Waals surface area contributed by atoms with Crippen LogP contribution in [0.5, 0.6) is 0 Å². The molecule has 0 unspecified atom stereocenters. The minimum Gasteiger partial charge on any atom is -0.0651 e. The van der Waals surface area contributed by atoms with Crippen LogP contribution in [0.4, 0.5) is 0 Å². The molecule has 0 spiro atoms. The zero-order valence-electron chi connectivity index (χ0n) is 11.0. The average molecular weight is 446 g/mol. The molecule has 16 heavy (non-hydrogen) atoms. The first kappa shape index (κ1) is 16.9. The van der Waals surface area contributed by atoms with Gasteiger partial charge >= 0.3 is 0 Å². The zero-order valence-corrected chi connectivity index (χ0v) is 15.3. The van der Waals surface area contributed by atoms with E-state index in [1.165, 1.54) is 38.5 Å². The fraction of sp³-hybridized carbons (Fsp3) is 0.714. The Bertz CT molecular complexity index is 262. The monoisotopic (exact) mass is 446 g/mol. The molecule has 0 aromatic carbocycles. The summed E-state index contributed by atoms with van der Waals surface area (Å²) < 4.78 is 3.13. The standard InChI is InChI=1S/C14H24I2/c1-5-9-12(14(16)10-6-2)11(7-3)13(15)8-4/h5-10H2,1-4H3/b13-11-,14-12-. The average Bonchev–Trinajstić information content (AvgIpc) is 2.28. The van der Waals surface area contributed by atoms with Crippen molar-refractivity contribution in [2.45, 2.75) is 66.2 Å². The SMILES string of the molecule is CCC/C(I)=C(CCC)/C(CC)=C(\I)CC. The summed E-state index contributed by atoms with van der Waals surface area (Å²) >= 11 is 5.08. The van der Waals surface area contributed by atoms with Gasteiger partial charge < -0.3 is 0 Å². The third kappa shape index (κ3) is 5.52. The van der Waals surface area contributed by atoms with Crippen molar-refractivity contribution in [3.05, 3.63) is 18.3 Å². The van der Waals surface area contributed by atoms with Crippen molar-refractivity contribution in [3.63, 3.8) is 0 Å². The van der Waals surface area contributed by atoms with E-state index in [0.717, 1.165) is 0 Å². The van der Waals surface area contributed by atoms with Crippen LogP contribution in [0.25, 0.3) is 0 Å². The third-order valence-electron chi connectivity index (χ3n) is 2.65. The highest BCUT2D eigenvalue weighted by Crippen LogP contribution is 2.34. The molecule has 0 radical (unpaired) electrons. The molecular formula is C14H24I2. The van der Waals surface area contributed by atoms with E-state index in [-0.39, 0.29) is 0 Å². The molecule has 0 nitrogen and oxygen atoms in total. The number of rotatable bonds is 7. The molecule has 0 saturated carbocycles. The molecule has 0 aliphatic heterocycles. The number of hydrogen-bond acceptors (Lipinski definition) is 0. The molecule has 0 N–H and O–H groups in total. The van der Waals surface area contributed by atoms with Crippen LogP contribution in [0.3, 0.4) is 0 Å². The van der Waals surface area contributed by atoms with Crippen molar-refractivity contribution in [3.8, 4) is 0 Å². The summed E-state index contributed by atoms with van der Waals surface area (Å²) in [7, 11) is 0. The van der Waals surface area contributed by atoms with Crippen molar-refractivity contribution in [2.75, 3.05) is 0 Å². The van der Waals surface area contributed by atoms with E-state index in [9.17, 15) is 0 Å². The highest BCUT2D eigenvalue weighted by Gasteiger charge is 2.10. The van der Waals surface area contributed by atoms with Gasteiger partial charge in [-0.05, 0) is 89.2 Å². The maximum Gasteiger partial charge on any atom is -0.00592 e. The Labute approximate surface area is 129 Å². The zero-order chi connectivity index (χ0) is 12.6. The van der Waals surface area contributed by atoms with Crippen LogP contribution in [-0.2, 0) is 0 Å². The topological polar surface area (TPSA) is 0 Å². The first-order valence-electron chi connectivity index (χ1n) is 6.37. The van der Waals surface area contributed by atoms with E-state index in [4.69, 9.17) is 0 Å². The van der Waals surface area contributed by atoms with Crippen molar-refractivity contribution in [1.29, 1.82) is 0 Å². The molecule has 0 bridgehead atoms. The molecule has 0 atom stereocenters. The first-order chi connectivity index (χ1) is 7.62. The number of hydrogen-bond donors (Lipinski definition) is 0. The molecule has 0 heterocycles. The highest BCUT2D eigenvalue weighted by molar-refractivity contribution is 14.1. The number of allylic oxidation sites excluding steroid dienone is 4. The highest BCUT2D eigenvalue weighted by atomic mass is 127. The molecule has 0 saturated heterocycles. The maximum atomic E-state index is 2.56. The minimum absolute atomic E-state index is 1.17. The Morgan fingerprint density at radius 1 is 0.688 bits per heavy atom. The Kier molecular flexibility index (Phi) is 10.5. The van der Waals surface area contributed by atoms with Crippen LogP contribution in [0.1, 0.15) is 66.2 Å². The van der Waals surface area contributed by atoms with E-state index in [0.29, 0.717) is 0 Å². The van der Waals surface area contributed by atoms with Gasteiger partial charge in [-0.25, -0.2) is 0 Å². The fourth-order valence-electron chi connectivity index (χ4n) is 1.85. The molecule has 0 aromatic heterocycles. The lowest BCUT2D eigenvalue weighted by atomic mass is 9.97. The van der Waals surface area contributed by atoms with Crippen LogP contribution in [0.2, 0.25) is 0 Å². The molecular weight excluding hydrogens is 422 g/mol. The third-order valence-corrected chi connectivity index (χ3v) is 5.26. The van der Waals surface area contributed by atoms with Gasteiger partial charge in [-0.2, -0.15) is 0 Å². The molecule has 0 aromatic rings. The second-order valence-corrected chi connectivity index (χ2v) is 6.58. The predicted octanol–water partition coefficient (Wildman–Crippen LogP) is 6.78. The van der Waals surface area contributed by atoms with Gasteiger partial charge in [0.2, 0.25) is 0 Å². The van der Waals surface area contributed by atoms with Gasteiger partial charge in [0.05, 0.1) is 0 Å². The van der Waals surface area contributed by atoms with Gasteiger partial charge in [-0.15, -0.1) is 0 Å². The molecule has 0 rings (SSSR count). The van der Waals surface area contributed by atoms with Gasteiger partial charge in [-0.1, -0.05) is 40.5 Å². The predicted molar refractivity (Wildman–Crippen MR) is 92.5 cm³/mol. The summed E-state index contributed by atoms with van der Waals surface area (Å²) in [6.45, 7) is 9.09. The van der Waals surface area contributed by atoms with Crippen molar-refractivity contribution in [2.24, 2.45) is 0 Å². The van der Waals surface area contributed by atoms with Crippen molar-refractivity contribution < 1.29 is 0 Å². The lowest BCUT2D eigenvalue weighted by Crippen LogP contribution is -1.95. The molecule has 94 valence electrons. The summed E-state index contributed by atoms with van der Waals surface area (Å²) in [4.78, 5) is 0. The van der Waals surface area contributed by atoms with Crippen LogP contribution in [-0.4, -0.2) is 0 Å². The molecule has 0 amide bonds. The van der Waals surface area contributed by atoms with Gasteiger partial charge in [0, 0.05) is 0 Å². The summed E-state index contributed by atoms with van der Waals surface area (Å²) in [5.74, 6) is 0. The van der Waals surface area contributed by atoms with E-state index >= 15 is 0 Å². The summed E-state index contributed by atoms with van der Waals surface area (Å²) in [6.07, 6.45) is 7.35.